The monoisotopic (exact) mass is 1450 g/mol. The van der Waals surface area contributed by atoms with Crippen molar-refractivity contribution < 1.29 is 80.2 Å². The Morgan fingerprint density at radius 3 is 0.687 bits per heavy atom. The molecule has 0 rings (SSSR count). The average Bonchev–Trinajstić information content (AvgIpc) is 1.26. The standard InChI is InChI=1S/C80H156O17P2/c1-6-9-12-15-18-21-23-25-27-28-29-30-31-32-33-35-37-41-45-50-55-60-65-79(84)97-76(70-91-78(83)64-59-54-49-44-40-36-34-26-24-22-19-16-13-10-7-2)72-95-99(88,89)93-68-74(81)67-92-98(86,87)94-71-75(69-90-77(82)63-58-53-48-20-17-14-11-8-3)96-80(85)66-61-56-51-46-42-38-39-43-47-52-57-62-73(4)5/h73-76,81H,6-72H2,1-5H3,(H,86,87)(H,88,89)/t74-,75+,76+/m0/s1. The molecular formula is C80H156O17P2. The summed E-state index contributed by atoms with van der Waals surface area (Å²) in [7, 11) is -9.91. The molecule has 0 aliphatic carbocycles. The molecular weight excluding hydrogens is 1290 g/mol. The fraction of sp³-hybridized carbons (Fsp3) is 0.950. The molecule has 588 valence electrons. The smallest absolute Gasteiger partial charge is 0.462 e. The molecule has 0 aliphatic heterocycles. The maximum absolute atomic E-state index is 13.1. The molecule has 19 heteroatoms. The van der Waals surface area contributed by atoms with Gasteiger partial charge in [0, 0.05) is 25.7 Å². The highest BCUT2D eigenvalue weighted by molar-refractivity contribution is 7.47. The average molecular weight is 1450 g/mol. The molecule has 0 spiro atoms. The number of esters is 4. The van der Waals surface area contributed by atoms with Gasteiger partial charge in [-0.25, -0.2) is 9.13 Å². The van der Waals surface area contributed by atoms with Crippen LogP contribution in [0.2, 0.25) is 0 Å². The molecule has 5 atom stereocenters. The van der Waals surface area contributed by atoms with Crippen LogP contribution in [0.3, 0.4) is 0 Å². The minimum absolute atomic E-state index is 0.107. The van der Waals surface area contributed by atoms with Gasteiger partial charge in [-0.05, 0) is 31.6 Å². The highest BCUT2D eigenvalue weighted by Gasteiger charge is 2.30. The van der Waals surface area contributed by atoms with Crippen LogP contribution in [0.4, 0.5) is 0 Å². The minimum Gasteiger partial charge on any atom is -0.462 e. The summed E-state index contributed by atoms with van der Waals surface area (Å²) in [4.78, 5) is 72.9. The Kier molecular flexibility index (Phi) is 71.6. The number of aliphatic hydroxyl groups excluding tert-OH is 1. The van der Waals surface area contributed by atoms with Crippen LogP contribution in [0, 0.1) is 5.92 Å². The Morgan fingerprint density at radius 1 is 0.273 bits per heavy atom. The number of aliphatic hydroxyl groups is 1. The lowest BCUT2D eigenvalue weighted by atomic mass is 10.0. The van der Waals surface area contributed by atoms with Gasteiger partial charge in [0.1, 0.15) is 19.3 Å². The van der Waals surface area contributed by atoms with E-state index >= 15 is 0 Å². The maximum atomic E-state index is 13.1. The van der Waals surface area contributed by atoms with E-state index in [9.17, 15) is 43.2 Å². The molecule has 0 fully saturated rings. The Balaban J connectivity index is 5.17. The summed E-state index contributed by atoms with van der Waals surface area (Å²) in [6, 6.07) is 0. The zero-order valence-corrected chi connectivity index (χ0v) is 66.4. The number of phosphoric ester groups is 2. The van der Waals surface area contributed by atoms with Crippen LogP contribution in [0.5, 0.6) is 0 Å². The number of phosphoric acid groups is 2. The normalized spacial score (nSPS) is 13.9. The van der Waals surface area contributed by atoms with Gasteiger partial charge in [0.2, 0.25) is 0 Å². The third kappa shape index (κ3) is 74.1. The van der Waals surface area contributed by atoms with E-state index in [0.29, 0.717) is 25.7 Å². The summed E-state index contributed by atoms with van der Waals surface area (Å²) in [5, 5.41) is 10.6. The number of rotatable bonds is 80. The van der Waals surface area contributed by atoms with Crippen LogP contribution in [0.25, 0.3) is 0 Å². The van der Waals surface area contributed by atoms with Crippen molar-refractivity contribution in [2.24, 2.45) is 5.92 Å². The molecule has 0 aromatic carbocycles. The number of ether oxygens (including phenoxy) is 4. The topological polar surface area (TPSA) is 237 Å². The van der Waals surface area contributed by atoms with Gasteiger partial charge in [0.15, 0.2) is 12.2 Å². The van der Waals surface area contributed by atoms with Gasteiger partial charge in [-0.1, -0.05) is 375 Å². The summed E-state index contributed by atoms with van der Waals surface area (Å²) >= 11 is 0. The van der Waals surface area contributed by atoms with E-state index in [2.05, 4.69) is 34.6 Å². The first-order valence-corrected chi connectivity index (χ1v) is 44.6. The predicted molar refractivity (Wildman–Crippen MR) is 405 cm³/mol. The zero-order chi connectivity index (χ0) is 72.7. The predicted octanol–water partition coefficient (Wildman–Crippen LogP) is 24.0. The molecule has 0 amide bonds. The lowest BCUT2D eigenvalue weighted by molar-refractivity contribution is -0.161. The molecule has 0 aromatic heterocycles. The van der Waals surface area contributed by atoms with E-state index in [1.54, 1.807) is 0 Å². The van der Waals surface area contributed by atoms with Crippen molar-refractivity contribution in [1.29, 1.82) is 0 Å². The van der Waals surface area contributed by atoms with E-state index in [0.717, 1.165) is 102 Å². The number of hydrogen-bond donors (Lipinski definition) is 3. The summed E-state index contributed by atoms with van der Waals surface area (Å²) in [6.45, 7) is 7.29. The van der Waals surface area contributed by atoms with Crippen LogP contribution >= 0.6 is 15.6 Å². The Bertz CT molecular complexity index is 1890. The number of unbranched alkanes of at least 4 members (excludes halogenated alkanes) is 52. The second-order valence-corrected chi connectivity index (χ2v) is 32.2. The molecule has 0 bridgehead atoms. The van der Waals surface area contributed by atoms with Crippen molar-refractivity contribution in [3.8, 4) is 0 Å². The zero-order valence-electron chi connectivity index (χ0n) is 64.6. The Labute approximate surface area is 607 Å². The van der Waals surface area contributed by atoms with Crippen molar-refractivity contribution >= 4 is 39.5 Å². The number of carbonyl (C=O) groups excluding carboxylic acids is 4. The van der Waals surface area contributed by atoms with Gasteiger partial charge in [-0.3, -0.25) is 37.3 Å². The molecule has 3 N–H and O–H groups in total. The van der Waals surface area contributed by atoms with Gasteiger partial charge in [-0.15, -0.1) is 0 Å². The van der Waals surface area contributed by atoms with Crippen LogP contribution in [0.15, 0.2) is 0 Å². The molecule has 17 nitrogen and oxygen atoms in total. The minimum atomic E-state index is -4.96. The van der Waals surface area contributed by atoms with Crippen molar-refractivity contribution in [3.63, 3.8) is 0 Å². The largest absolute Gasteiger partial charge is 0.472 e. The van der Waals surface area contributed by atoms with Crippen LogP contribution in [-0.2, 0) is 65.4 Å². The van der Waals surface area contributed by atoms with Crippen molar-refractivity contribution in [2.75, 3.05) is 39.6 Å². The van der Waals surface area contributed by atoms with Gasteiger partial charge in [-0.2, -0.15) is 0 Å². The summed E-state index contributed by atoms with van der Waals surface area (Å²) < 4.78 is 68.6. The molecule has 0 aliphatic rings. The number of carbonyl (C=O) groups is 4. The second-order valence-electron chi connectivity index (χ2n) is 29.3. The van der Waals surface area contributed by atoms with Gasteiger partial charge in [0.25, 0.3) is 0 Å². The summed E-state index contributed by atoms with van der Waals surface area (Å²) in [5.41, 5.74) is 0. The van der Waals surface area contributed by atoms with E-state index in [1.807, 2.05) is 0 Å². The highest BCUT2D eigenvalue weighted by atomic mass is 31.2. The molecule has 0 aromatic rings. The summed E-state index contributed by atoms with van der Waals surface area (Å²) in [5.74, 6) is -1.35. The first-order valence-electron chi connectivity index (χ1n) is 41.6. The maximum Gasteiger partial charge on any atom is 0.472 e. The van der Waals surface area contributed by atoms with E-state index in [4.69, 9.17) is 37.0 Å². The van der Waals surface area contributed by atoms with E-state index in [-0.39, 0.29) is 25.7 Å². The molecule has 0 saturated heterocycles. The summed E-state index contributed by atoms with van der Waals surface area (Å²) in [6.07, 6.45) is 64.0. The van der Waals surface area contributed by atoms with Gasteiger partial charge >= 0.3 is 39.5 Å². The fourth-order valence-corrected chi connectivity index (χ4v) is 14.0. The Morgan fingerprint density at radius 2 is 0.465 bits per heavy atom. The molecule has 0 heterocycles. The van der Waals surface area contributed by atoms with E-state index < -0.39 is 97.5 Å². The highest BCUT2D eigenvalue weighted by Crippen LogP contribution is 2.45. The van der Waals surface area contributed by atoms with Gasteiger partial charge < -0.3 is 33.8 Å². The molecule has 2 unspecified atom stereocenters. The Hall–Kier alpha value is -1.94. The first-order chi connectivity index (χ1) is 48.0. The molecule has 0 radical (unpaired) electrons. The fourth-order valence-electron chi connectivity index (χ4n) is 12.4. The number of hydrogen-bond acceptors (Lipinski definition) is 15. The lowest BCUT2D eigenvalue weighted by Crippen LogP contribution is -2.30. The quantitative estimate of drug-likeness (QED) is 0.0222. The van der Waals surface area contributed by atoms with Crippen LogP contribution < -0.4 is 0 Å². The SMILES string of the molecule is CCCCCCCCCCCCCCCCCCCCCCCCC(=O)O[C@H](COC(=O)CCCCCCCCCCCCCCCCC)COP(=O)(O)OC[C@@H](O)COP(=O)(O)OC[C@@H](COC(=O)CCCCCCCCCC)OC(=O)CCCCCCCCCCCCCC(C)C. The first kappa shape index (κ1) is 97.1. The van der Waals surface area contributed by atoms with Gasteiger partial charge in [0.05, 0.1) is 26.4 Å². The van der Waals surface area contributed by atoms with Crippen molar-refractivity contribution in [2.45, 2.75) is 445 Å². The van der Waals surface area contributed by atoms with Crippen LogP contribution in [-0.4, -0.2) is 96.7 Å². The molecule has 99 heavy (non-hydrogen) atoms. The second kappa shape index (κ2) is 73.0. The van der Waals surface area contributed by atoms with Crippen LogP contribution in [0.1, 0.15) is 426 Å². The third-order valence-corrected chi connectivity index (χ3v) is 20.7. The molecule has 0 saturated carbocycles. The lowest BCUT2D eigenvalue weighted by Gasteiger charge is -2.21. The third-order valence-electron chi connectivity index (χ3n) is 18.8. The van der Waals surface area contributed by atoms with Crippen molar-refractivity contribution in [1.82, 2.24) is 0 Å². The van der Waals surface area contributed by atoms with Crippen molar-refractivity contribution in [3.05, 3.63) is 0 Å². The van der Waals surface area contributed by atoms with E-state index in [1.165, 1.54) is 244 Å².